The third-order valence-corrected chi connectivity index (χ3v) is 5.30. The molecule has 2 aliphatic rings. The smallest absolute Gasteiger partial charge is 0.0236 e. The minimum absolute atomic E-state index is 0.741. The summed E-state index contributed by atoms with van der Waals surface area (Å²) in [6, 6.07) is 10.1. The first-order valence-corrected chi connectivity index (χ1v) is 8.70. The van der Waals surface area contributed by atoms with E-state index in [2.05, 4.69) is 55.3 Å². The van der Waals surface area contributed by atoms with E-state index >= 15 is 0 Å². The van der Waals surface area contributed by atoms with Crippen molar-refractivity contribution in [3.05, 3.63) is 35.4 Å². The van der Waals surface area contributed by atoms with Crippen LogP contribution in [0.4, 0.5) is 0 Å². The summed E-state index contributed by atoms with van der Waals surface area (Å²) in [6.07, 6.45) is 2.48. The Morgan fingerprint density at radius 2 is 1.86 bits per heavy atom. The van der Waals surface area contributed by atoms with E-state index in [1.54, 1.807) is 0 Å². The standard InChI is InChI=1S/C19H30N2/c1-4-19-18-11-20-10-17(18)13-21(19)12-16-7-5-15(6-8-16)9-14(2)3/h5-8,14,17-20H,4,9-13H2,1-3H3. The lowest BCUT2D eigenvalue weighted by Crippen LogP contribution is -2.34. The van der Waals surface area contributed by atoms with Gasteiger partial charge in [0.1, 0.15) is 0 Å². The van der Waals surface area contributed by atoms with Gasteiger partial charge in [-0.2, -0.15) is 0 Å². The molecule has 116 valence electrons. The molecule has 2 nitrogen and oxygen atoms in total. The highest BCUT2D eigenvalue weighted by atomic mass is 15.2. The molecule has 3 unspecified atom stereocenters. The van der Waals surface area contributed by atoms with Gasteiger partial charge in [-0.05, 0) is 54.8 Å². The molecule has 0 aliphatic carbocycles. The maximum atomic E-state index is 3.57. The highest BCUT2D eigenvalue weighted by Crippen LogP contribution is 2.35. The summed E-state index contributed by atoms with van der Waals surface area (Å²) in [7, 11) is 0. The first-order chi connectivity index (χ1) is 10.2. The Hall–Kier alpha value is -0.860. The number of benzene rings is 1. The van der Waals surface area contributed by atoms with Gasteiger partial charge in [-0.25, -0.2) is 0 Å². The molecule has 1 aromatic rings. The summed E-state index contributed by atoms with van der Waals surface area (Å²) in [6.45, 7) is 11.8. The van der Waals surface area contributed by atoms with Crippen molar-refractivity contribution in [3.63, 3.8) is 0 Å². The van der Waals surface area contributed by atoms with Gasteiger partial charge in [-0.1, -0.05) is 45.0 Å². The van der Waals surface area contributed by atoms with Gasteiger partial charge < -0.3 is 5.32 Å². The monoisotopic (exact) mass is 286 g/mol. The fraction of sp³-hybridized carbons (Fsp3) is 0.684. The number of rotatable bonds is 5. The molecule has 3 atom stereocenters. The third kappa shape index (κ3) is 3.32. The van der Waals surface area contributed by atoms with Crippen LogP contribution in [0.5, 0.6) is 0 Å². The second-order valence-electron chi connectivity index (χ2n) is 7.40. The van der Waals surface area contributed by atoms with Crippen LogP contribution in [0.25, 0.3) is 0 Å². The van der Waals surface area contributed by atoms with Crippen molar-refractivity contribution in [1.29, 1.82) is 0 Å². The lowest BCUT2D eigenvalue weighted by Gasteiger charge is -2.27. The number of fused-ring (bicyclic) bond motifs is 1. The quantitative estimate of drug-likeness (QED) is 0.893. The van der Waals surface area contributed by atoms with Crippen molar-refractivity contribution in [1.82, 2.24) is 10.2 Å². The van der Waals surface area contributed by atoms with Crippen molar-refractivity contribution < 1.29 is 0 Å². The molecule has 1 aromatic carbocycles. The summed E-state index contributed by atoms with van der Waals surface area (Å²) in [5.41, 5.74) is 2.96. The van der Waals surface area contributed by atoms with E-state index in [1.165, 1.54) is 43.6 Å². The Morgan fingerprint density at radius 3 is 2.52 bits per heavy atom. The van der Waals surface area contributed by atoms with Crippen LogP contribution in [0, 0.1) is 17.8 Å². The molecule has 2 heteroatoms. The predicted octanol–water partition coefficient (Wildman–Crippen LogP) is 3.31. The van der Waals surface area contributed by atoms with E-state index < -0.39 is 0 Å². The predicted molar refractivity (Wildman–Crippen MR) is 89.3 cm³/mol. The van der Waals surface area contributed by atoms with Crippen LogP contribution in [-0.2, 0) is 13.0 Å². The molecular weight excluding hydrogens is 256 g/mol. The molecule has 0 aromatic heterocycles. The summed E-state index contributed by atoms with van der Waals surface area (Å²) in [5.74, 6) is 2.51. The Labute approximate surface area is 129 Å². The maximum Gasteiger partial charge on any atom is 0.0236 e. The first-order valence-electron chi connectivity index (χ1n) is 8.70. The molecule has 0 amide bonds. The second-order valence-corrected chi connectivity index (χ2v) is 7.40. The topological polar surface area (TPSA) is 15.3 Å². The van der Waals surface area contributed by atoms with Gasteiger partial charge in [-0.3, -0.25) is 4.90 Å². The van der Waals surface area contributed by atoms with Crippen molar-refractivity contribution in [2.75, 3.05) is 19.6 Å². The molecule has 0 spiro atoms. The van der Waals surface area contributed by atoms with Crippen LogP contribution < -0.4 is 5.32 Å². The fourth-order valence-electron chi connectivity index (χ4n) is 4.34. The van der Waals surface area contributed by atoms with Crippen molar-refractivity contribution in [3.8, 4) is 0 Å². The van der Waals surface area contributed by atoms with E-state index in [1.807, 2.05) is 0 Å². The van der Waals surface area contributed by atoms with Gasteiger partial charge in [0.25, 0.3) is 0 Å². The number of nitrogens with one attached hydrogen (secondary N) is 1. The van der Waals surface area contributed by atoms with Crippen LogP contribution in [0.2, 0.25) is 0 Å². The number of likely N-dealkylation sites (tertiary alicyclic amines) is 1. The van der Waals surface area contributed by atoms with Gasteiger partial charge >= 0.3 is 0 Å². The minimum atomic E-state index is 0.741. The van der Waals surface area contributed by atoms with Gasteiger partial charge in [-0.15, -0.1) is 0 Å². The van der Waals surface area contributed by atoms with Crippen LogP contribution in [0.3, 0.4) is 0 Å². The van der Waals surface area contributed by atoms with Gasteiger partial charge in [0, 0.05) is 19.1 Å². The normalized spacial score (nSPS) is 29.2. The van der Waals surface area contributed by atoms with E-state index in [0.29, 0.717) is 0 Å². The van der Waals surface area contributed by atoms with Crippen molar-refractivity contribution in [2.24, 2.45) is 17.8 Å². The van der Waals surface area contributed by atoms with E-state index in [9.17, 15) is 0 Å². The van der Waals surface area contributed by atoms with Gasteiger partial charge in [0.15, 0.2) is 0 Å². The Bertz CT molecular complexity index is 451. The molecule has 3 rings (SSSR count). The van der Waals surface area contributed by atoms with E-state index in [-0.39, 0.29) is 0 Å². The zero-order chi connectivity index (χ0) is 14.8. The molecule has 0 bridgehead atoms. The van der Waals surface area contributed by atoms with Crippen molar-refractivity contribution in [2.45, 2.75) is 46.2 Å². The molecular formula is C19H30N2. The fourth-order valence-corrected chi connectivity index (χ4v) is 4.34. The Kier molecular flexibility index (Phi) is 4.66. The minimum Gasteiger partial charge on any atom is -0.316 e. The zero-order valence-electron chi connectivity index (χ0n) is 13.8. The molecule has 2 fully saturated rings. The Morgan fingerprint density at radius 1 is 1.14 bits per heavy atom. The SMILES string of the molecule is CCC1C2CNCC2CN1Cc1ccc(CC(C)C)cc1. The van der Waals surface area contributed by atoms with Gasteiger partial charge in [0.2, 0.25) is 0 Å². The zero-order valence-corrected chi connectivity index (χ0v) is 13.8. The average molecular weight is 286 g/mol. The van der Waals surface area contributed by atoms with E-state index in [4.69, 9.17) is 0 Å². The number of hydrogen-bond donors (Lipinski definition) is 1. The number of nitrogens with zero attached hydrogens (tertiary/aromatic N) is 1. The van der Waals surface area contributed by atoms with Crippen LogP contribution in [-0.4, -0.2) is 30.6 Å². The molecule has 0 radical (unpaired) electrons. The lowest BCUT2D eigenvalue weighted by molar-refractivity contribution is 0.210. The molecule has 2 saturated heterocycles. The summed E-state index contributed by atoms with van der Waals surface area (Å²) in [4.78, 5) is 2.73. The van der Waals surface area contributed by atoms with Crippen LogP contribution in [0.15, 0.2) is 24.3 Å². The largest absolute Gasteiger partial charge is 0.316 e. The number of hydrogen-bond acceptors (Lipinski definition) is 2. The maximum absolute atomic E-state index is 3.57. The van der Waals surface area contributed by atoms with E-state index in [0.717, 1.165) is 30.3 Å². The highest BCUT2D eigenvalue weighted by molar-refractivity contribution is 5.23. The Balaban J connectivity index is 1.63. The van der Waals surface area contributed by atoms with Crippen LogP contribution >= 0.6 is 0 Å². The molecule has 1 N–H and O–H groups in total. The summed E-state index contributed by atoms with van der Waals surface area (Å²) >= 11 is 0. The molecule has 0 saturated carbocycles. The van der Waals surface area contributed by atoms with Crippen LogP contribution in [0.1, 0.15) is 38.3 Å². The summed E-state index contributed by atoms with van der Waals surface area (Å²) < 4.78 is 0. The average Bonchev–Trinajstić information content (AvgIpc) is 3.00. The first kappa shape index (κ1) is 15.1. The molecule has 2 aliphatic heterocycles. The molecule has 2 heterocycles. The molecule has 21 heavy (non-hydrogen) atoms. The lowest BCUT2D eigenvalue weighted by atomic mass is 9.93. The summed E-state index contributed by atoms with van der Waals surface area (Å²) in [5, 5.41) is 3.57. The third-order valence-electron chi connectivity index (χ3n) is 5.30. The van der Waals surface area contributed by atoms with Crippen molar-refractivity contribution >= 4 is 0 Å². The van der Waals surface area contributed by atoms with Gasteiger partial charge in [0.05, 0.1) is 0 Å². The second kappa shape index (κ2) is 6.50. The highest BCUT2D eigenvalue weighted by Gasteiger charge is 2.42.